The maximum atomic E-state index is 12.5. The highest BCUT2D eigenvalue weighted by Crippen LogP contribution is 2.25. The molecule has 1 aliphatic carbocycles. The van der Waals surface area contributed by atoms with Crippen LogP contribution in [0, 0.1) is 13.8 Å². The van der Waals surface area contributed by atoms with Crippen molar-refractivity contribution in [1.29, 1.82) is 0 Å². The quantitative estimate of drug-likeness (QED) is 0.930. The van der Waals surface area contributed by atoms with Crippen molar-refractivity contribution >= 4 is 15.9 Å². The van der Waals surface area contributed by atoms with Gasteiger partial charge in [-0.2, -0.15) is 0 Å². The number of nitrogens with zero attached hydrogens (tertiary/aromatic N) is 1. The molecule has 3 rings (SSSR count). The average molecular weight is 334 g/mol. The number of benzene rings is 1. The molecular weight excluding hydrogens is 316 g/mol. The second-order valence-electron chi connectivity index (χ2n) is 5.74. The van der Waals surface area contributed by atoms with E-state index in [1.165, 1.54) is 13.8 Å². The molecule has 0 bridgehead atoms. The molecule has 0 spiro atoms. The number of hydrogen-bond acceptors (Lipinski definition) is 5. The van der Waals surface area contributed by atoms with E-state index >= 15 is 0 Å². The molecule has 1 N–H and O–H groups in total. The molecule has 0 fully saturated rings. The summed E-state index contributed by atoms with van der Waals surface area (Å²) in [5, 5.41) is 3.63. The average Bonchev–Trinajstić information content (AvgIpc) is 2.86. The maximum absolute atomic E-state index is 12.5. The summed E-state index contributed by atoms with van der Waals surface area (Å²) in [6.45, 7) is 3.03. The van der Waals surface area contributed by atoms with Crippen molar-refractivity contribution in [3.05, 3.63) is 46.3 Å². The second-order valence-corrected chi connectivity index (χ2v) is 7.36. The van der Waals surface area contributed by atoms with E-state index in [9.17, 15) is 13.2 Å². The first-order valence-corrected chi connectivity index (χ1v) is 8.99. The Kier molecular flexibility index (Phi) is 3.97. The van der Waals surface area contributed by atoms with Gasteiger partial charge in [0.2, 0.25) is 0 Å². The zero-order valence-electron chi connectivity index (χ0n) is 13.0. The molecule has 2 aromatic rings. The van der Waals surface area contributed by atoms with Crippen molar-refractivity contribution in [1.82, 2.24) is 9.88 Å². The van der Waals surface area contributed by atoms with Crippen molar-refractivity contribution in [2.45, 2.75) is 44.4 Å². The van der Waals surface area contributed by atoms with E-state index in [1.807, 2.05) is 6.07 Å². The number of rotatable bonds is 3. The normalized spacial score (nSPS) is 14.3. The van der Waals surface area contributed by atoms with Crippen LogP contribution < -0.4 is 4.72 Å². The Morgan fingerprint density at radius 1 is 1.22 bits per heavy atom. The van der Waals surface area contributed by atoms with E-state index in [4.69, 9.17) is 4.52 Å². The molecule has 0 aliphatic heterocycles. The molecule has 0 unspecified atom stereocenters. The van der Waals surface area contributed by atoms with Crippen LogP contribution in [0.5, 0.6) is 0 Å². The molecule has 122 valence electrons. The van der Waals surface area contributed by atoms with Gasteiger partial charge < -0.3 is 4.52 Å². The lowest BCUT2D eigenvalue weighted by molar-refractivity contribution is 0.0980. The van der Waals surface area contributed by atoms with Gasteiger partial charge >= 0.3 is 0 Å². The second kappa shape index (κ2) is 5.81. The van der Waals surface area contributed by atoms with Crippen LogP contribution in [0.15, 0.2) is 27.6 Å². The van der Waals surface area contributed by atoms with Gasteiger partial charge in [0.25, 0.3) is 15.9 Å². The SMILES string of the molecule is Cc1noc(C)c1S(=O)(=O)NC(=O)c1cccc2c1CCCC2. The lowest BCUT2D eigenvalue weighted by Gasteiger charge is -2.18. The molecule has 23 heavy (non-hydrogen) atoms. The Morgan fingerprint density at radius 2 is 1.96 bits per heavy atom. The minimum atomic E-state index is -4.01. The third-order valence-corrected chi connectivity index (χ3v) is 5.68. The molecule has 0 atom stereocenters. The zero-order chi connectivity index (χ0) is 16.6. The number of amides is 1. The molecule has 1 aromatic heterocycles. The maximum Gasteiger partial charge on any atom is 0.269 e. The van der Waals surface area contributed by atoms with Gasteiger partial charge in [-0.15, -0.1) is 0 Å². The van der Waals surface area contributed by atoms with Gasteiger partial charge in [0.05, 0.1) is 0 Å². The minimum absolute atomic E-state index is 0.0735. The van der Waals surface area contributed by atoms with Crippen molar-refractivity contribution in [3.8, 4) is 0 Å². The van der Waals surface area contributed by atoms with Crippen LogP contribution in [0.1, 0.15) is 45.8 Å². The largest absolute Gasteiger partial charge is 0.360 e. The van der Waals surface area contributed by atoms with Crippen LogP contribution in [-0.4, -0.2) is 19.5 Å². The van der Waals surface area contributed by atoms with Gasteiger partial charge in [-0.05, 0) is 56.7 Å². The van der Waals surface area contributed by atoms with Gasteiger partial charge in [-0.3, -0.25) is 4.79 Å². The van der Waals surface area contributed by atoms with Crippen molar-refractivity contribution in [3.63, 3.8) is 0 Å². The summed E-state index contributed by atoms with van der Waals surface area (Å²) in [5.41, 5.74) is 2.74. The van der Waals surface area contributed by atoms with E-state index in [0.717, 1.165) is 36.8 Å². The summed E-state index contributed by atoms with van der Waals surface area (Å²) in [6.07, 6.45) is 3.82. The summed E-state index contributed by atoms with van der Waals surface area (Å²) in [6, 6.07) is 5.46. The Morgan fingerprint density at radius 3 is 2.65 bits per heavy atom. The molecule has 6 nitrogen and oxygen atoms in total. The predicted molar refractivity (Wildman–Crippen MR) is 83.7 cm³/mol. The smallest absolute Gasteiger partial charge is 0.269 e. The fourth-order valence-corrected chi connectivity index (χ4v) is 4.38. The molecule has 0 saturated heterocycles. The van der Waals surface area contributed by atoms with E-state index in [0.29, 0.717) is 5.56 Å². The third kappa shape index (κ3) is 2.88. The number of carbonyl (C=O) groups is 1. The van der Waals surface area contributed by atoms with Gasteiger partial charge in [-0.1, -0.05) is 17.3 Å². The van der Waals surface area contributed by atoms with Gasteiger partial charge in [0.15, 0.2) is 10.7 Å². The lowest BCUT2D eigenvalue weighted by Crippen LogP contribution is -2.32. The Hall–Kier alpha value is -2.15. The number of carbonyl (C=O) groups excluding carboxylic acids is 1. The Labute approximate surface area is 134 Å². The Balaban J connectivity index is 1.94. The molecule has 1 heterocycles. The predicted octanol–water partition coefficient (Wildman–Crippen LogP) is 2.29. The first kappa shape index (κ1) is 15.7. The van der Waals surface area contributed by atoms with Gasteiger partial charge in [0.1, 0.15) is 5.69 Å². The molecule has 0 saturated carbocycles. The summed E-state index contributed by atoms with van der Waals surface area (Å²) in [7, 11) is -4.01. The van der Waals surface area contributed by atoms with Crippen molar-refractivity contribution < 1.29 is 17.7 Å². The van der Waals surface area contributed by atoms with E-state index in [1.54, 1.807) is 12.1 Å². The first-order valence-electron chi connectivity index (χ1n) is 7.51. The molecule has 1 amide bonds. The molecule has 0 radical (unpaired) electrons. The van der Waals surface area contributed by atoms with Crippen molar-refractivity contribution in [2.24, 2.45) is 0 Å². The van der Waals surface area contributed by atoms with E-state index in [2.05, 4.69) is 9.88 Å². The van der Waals surface area contributed by atoms with Crippen molar-refractivity contribution in [2.75, 3.05) is 0 Å². The highest BCUT2D eigenvalue weighted by molar-refractivity contribution is 7.90. The highest BCUT2D eigenvalue weighted by Gasteiger charge is 2.28. The number of aromatic nitrogens is 1. The van der Waals surface area contributed by atoms with Crippen LogP contribution in [0.3, 0.4) is 0 Å². The summed E-state index contributed by atoms with van der Waals surface area (Å²) >= 11 is 0. The number of nitrogens with one attached hydrogen (secondary N) is 1. The molecule has 1 aromatic carbocycles. The summed E-state index contributed by atoms with van der Waals surface area (Å²) in [5.74, 6) is -0.443. The third-order valence-electron chi connectivity index (χ3n) is 4.10. The van der Waals surface area contributed by atoms with E-state index < -0.39 is 15.9 Å². The summed E-state index contributed by atoms with van der Waals surface area (Å²) < 4.78 is 31.9. The standard InChI is InChI=1S/C16H18N2O4S/c1-10-15(11(2)22-17-10)23(20,21)18-16(19)14-9-5-7-12-6-3-4-8-13(12)14/h5,7,9H,3-4,6,8H2,1-2H3,(H,18,19). The minimum Gasteiger partial charge on any atom is -0.360 e. The van der Waals surface area contributed by atoms with Gasteiger partial charge in [0, 0.05) is 5.56 Å². The topological polar surface area (TPSA) is 89.3 Å². The fraction of sp³-hybridized carbons (Fsp3) is 0.375. The molecule has 1 aliphatic rings. The Bertz CT molecular complexity index is 849. The monoisotopic (exact) mass is 334 g/mol. The lowest BCUT2D eigenvalue weighted by atomic mass is 9.88. The van der Waals surface area contributed by atoms with Crippen LogP contribution in [0.25, 0.3) is 0 Å². The first-order chi connectivity index (χ1) is 10.9. The van der Waals surface area contributed by atoms with Crippen LogP contribution in [-0.2, 0) is 22.9 Å². The number of sulfonamides is 1. The number of hydrogen-bond donors (Lipinski definition) is 1. The van der Waals surface area contributed by atoms with Crippen LogP contribution in [0.4, 0.5) is 0 Å². The van der Waals surface area contributed by atoms with Crippen LogP contribution in [0.2, 0.25) is 0 Å². The number of aryl methyl sites for hydroxylation is 3. The molecule has 7 heteroatoms. The van der Waals surface area contributed by atoms with Gasteiger partial charge in [-0.25, -0.2) is 13.1 Å². The van der Waals surface area contributed by atoms with E-state index in [-0.39, 0.29) is 16.3 Å². The number of fused-ring (bicyclic) bond motifs is 1. The zero-order valence-corrected chi connectivity index (χ0v) is 13.9. The fourth-order valence-electron chi connectivity index (χ4n) is 3.08. The molecular formula is C16H18N2O4S. The summed E-state index contributed by atoms with van der Waals surface area (Å²) in [4.78, 5) is 12.4. The van der Waals surface area contributed by atoms with Crippen LogP contribution >= 0.6 is 0 Å². The highest BCUT2D eigenvalue weighted by atomic mass is 32.2.